The first-order chi connectivity index (χ1) is 20.1. The number of carbonyl (C=O) groups is 2. The maximum absolute atomic E-state index is 12.5. The van der Waals surface area contributed by atoms with E-state index in [2.05, 4.69) is 45.8 Å². The SMILES string of the molecule is C=CC(=O)N1C[C@H](C)N(C2=NC(=C)N(c3c(C)ccnc3C(C)C)c3nc(-c4ccccc4C=O)c(Cl)cc32)[C@@H](C)C1. The van der Waals surface area contributed by atoms with Gasteiger partial charge in [0.1, 0.15) is 11.7 Å². The average molecular weight is 583 g/mol. The van der Waals surface area contributed by atoms with E-state index in [4.69, 9.17) is 26.6 Å². The number of halogens is 1. The standard InChI is InChI=1S/C33H35ClN6O2/c1-8-28(42)38-16-21(5)39(22(6)17-38)32-26-15-27(34)30(25-12-10-9-11-24(25)18-41)37-33(26)40(23(7)36-32)31-20(4)13-14-35-29(31)19(2)3/h8-15,18-19,21-22H,1,7,16-17H2,2-6H3/t21-,22-/m0/s1. The molecule has 1 fully saturated rings. The summed E-state index contributed by atoms with van der Waals surface area (Å²) >= 11 is 6.96. The molecule has 1 saturated heterocycles. The zero-order valence-electron chi connectivity index (χ0n) is 24.6. The molecule has 9 heteroatoms. The summed E-state index contributed by atoms with van der Waals surface area (Å²) in [5, 5.41) is 0.399. The maximum atomic E-state index is 12.5. The van der Waals surface area contributed by atoms with E-state index in [0.717, 1.165) is 28.8 Å². The van der Waals surface area contributed by atoms with Gasteiger partial charge in [0.2, 0.25) is 5.91 Å². The molecule has 0 bridgehead atoms. The van der Waals surface area contributed by atoms with E-state index in [1.165, 1.54) is 6.08 Å². The Morgan fingerprint density at radius 1 is 1.12 bits per heavy atom. The fraction of sp³-hybridized carbons (Fsp3) is 0.303. The van der Waals surface area contributed by atoms with Gasteiger partial charge in [-0.25, -0.2) is 9.98 Å². The molecule has 4 heterocycles. The molecule has 0 saturated carbocycles. The van der Waals surface area contributed by atoms with Gasteiger partial charge in [0, 0.05) is 42.5 Å². The van der Waals surface area contributed by atoms with Gasteiger partial charge in [0.05, 0.1) is 27.7 Å². The molecular weight excluding hydrogens is 548 g/mol. The van der Waals surface area contributed by atoms with Gasteiger partial charge in [-0.15, -0.1) is 0 Å². The lowest BCUT2D eigenvalue weighted by atomic mass is 9.99. The minimum atomic E-state index is -0.0913. The number of nitrogens with zero attached hydrogens (tertiary/aromatic N) is 6. The van der Waals surface area contributed by atoms with E-state index in [-0.39, 0.29) is 23.9 Å². The lowest BCUT2D eigenvalue weighted by Crippen LogP contribution is -2.60. The van der Waals surface area contributed by atoms with Gasteiger partial charge in [0.25, 0.3) is 0 Å². The molecule has 2 aromatic heterocycles. The topological polar surface area (TPSA) is 82.0 Å². The molecule has 0 aliphatic carbocycles. The second-order valence-corrected chi connectivity index (χ2v) is 11.6. The van der Waals surface area contributed by atoms with Crippen LogP contribution in [-0.2, 0) is 4.79 Å². The molecular formula is C33H35ClN6O2. The highest BCUT2D eigenvalue weighted by atomic mass is 35.5. The number of hydrogen-bond donors (Lipinski definition) is 0. The number of benzene rings is 1. The second kappa shape index (κ2) is 11.5. The number of aromatic nitrogens is 2. The Kier molecular flexibility index (Phi) is 8.01. The van der Waals surface area contributed by atoms with Crippen molar-refractivity contribution in [3.05, 3.63) is 95.1 Å². The van der Waals surface area contributed by atoms with Gasteiger partial charge >= 0.3 is 0 Å². The van der Waals surface area contributed by atoms with Crippen LogP contribution in [0.1, 0.15) is 60.8 Å². The molecule has 0 N–H and O–H groups in total. The summed E-state index contributed by atoms with van der Waals surface area (Å²) in [6.45, 7) is 19.5. The van der Waals surface area contributed by atoms with E-state index >= 15 is 0 Å². The smallest absolute Gasteiger partial charge is 0.246 e. The molecule has 2 aliphatic rings. The van der Waals surface area contributed by atoms with Crippen molar-refractivity contribution in [2.45, 2.75) is 52.6 Å². The molecule has 8 nitrogen and oxygen atoms in total. The quantitative estimate of drug-likeness (QED) is 0.252. The minimum absolute atomic E-state index is 0.0517. The van der Waals surface area contributed by atoms with Gasteiger partial charge in [-0.1, -0.05) is 62.9 Å². The van der Waals surface area contributed by atoms with Crippen LogP contribution < -0.4 is 4.90 Å². The van der Waals surface area contributed by atoms with Crippen molar-refractivity contribution in [1.82, 2.24) is 19.8 Å². The van der Waals surface area contributed by atoms with Crippen LogP contribution in [0.5, 0.6) is 0 Å². The number of carbonyl (C=O) groups excluding carboxylic acids is 2. The van der Waals surface area contributed by atoms with Gasteiger partial charge in [-0.3, -0.25) is 19.5 Å². The third-order valence-electron chi connectivity index (χ3n) is 7.82. The summed E-state index contributed by atoms with van der Waals surface area (Å²) in [6, 6.07) is 11.0. The van der Waals surface area contributed by atoms with Gasteiger partial charge in [-0.2, -0.15) is 0 Å². The van der Waals surface area contributed by atoms with Gasteiger partial charge in [0.15, 0.2) is 12.1 Å². The van der Waals surface area contributed by atoms with Crippen molar-refractivity contribution in [2.24, 2.45) is 4.99 Å². The number of hydrogen-bond acceptors (Lipinski definition) is 7. The number of piperazine rings is 1. The molecule has 2 atom stereocenters. The summed E-state index contributed by atoms with van der Waals surface area (Å²) < 4.78 is 0. The summed E-state index contributed by atoms with van der Waals surface area (Å²) in [4.78, 5) is 45.4. The number of amidine groups is 1. The Labute approximate surface area is 252 Å². The number of amides is 1. The van der Waals surface area contributed by atoms with Crippen molar-refractivity contribution in [2.75, 3.05) is 18.0 Å². The fourth-order valence-electron chi connectivity index (χ4n) is 5.94. The van der Waals surface area contributed by atoms with E-state index in [1.54, 1.807) is 6.07 Å². The number of anilines is 2. The summed E-state index contributed by atoms with van der Waals surface area (Å²) in [6.07, 6.45) is 3.98. The normalized spacial score (nSPS) is 18.6. The summed E-state index contributed by atoms with van der Waals surface area (Å²) in [5.41, 5.74) is 5.13. The van der Waals surface area contributed by atoms with Crippen molar-refractivity contribution in [3.8, 4) is 11.3 Å². The number of fused-ring (bicyclic) bond motifs is 1. The molecule has 0 radical (unpaired) electrons. The lowest BCUT2D eigenvalue weighted by molar-refractivity contribution is -0.129. The van der Waals surface area contributed by atoms with Crippen molar-refractivity contribution in [3.63, 3.8) is 0 Å². The molecule has 216 valence electrons. The number of aliphatic imine (C=N–C) groups is 1. The molecule has 42 heavy (non-hydrogen) atoms. The second-order valence-electron chi connectivity index (χ2n) is 11.2. The van der Waals surface area contributed by atoms with Crippen LogP contribution in [0.15, 0.2) is 72.6 Å². The largest absolute Gasteiger partial charge is 0.347 e. The highest BCUT2D eigenvalue weighted by Gasteiger charge is 2.39. The molecule has 0 unspecified atom stereocenters. The fourth-order valence-corrected chi connectivity index (χ4v) is 6.19. The summed E-state index contributed by atoms with van der Waals surface area (Å²) in [5.74, 6) is 1.82. The number of rotatable bonds is 5. The molecule has 1 aromatic carbocycles. The van der Waals surface area contributed by atoms with Gasteiger partial charge in [-0.05, 0) is 50.5 Å². The van der Waals surface area contributed by atoms with E-state index in [1.807, 2.05) is 53.3 Å². The average Bonchev–Trinajstić information content (AvgIpc) is 2.96. The highest BCUT2D eigenvalue weighted by Crippen LogP contribution is 2.44. The third kappa shape index (κ3) is 5.00. The van der Waals surface area contributed by atoms with Crippen molar-refractivity contribution >= 4 is 41.1 Å². The van der Waals surface area contributed by atoms with Crippen molar-refractivity contribution < 1.29 is 9.59 Å². The molecule has 1 amide bonds. The number of aldehydes is 1. The monoisotopic (exact) mass is 582 g/mol. The Morgan fingerprint density at radius 2 is 1.81 bits per heavy atom. The first-order valence-corrected chi connectivity index (χ1v) is 14.4. The molecule has 5 rings (SSSR count). The third-order valence-corrected chi connectivity index (χ3v) is 8.11. The number of aryl methyl sites for hydroxylation is 1. The van der Waals surface area contributed by atoms with Crippen LogP contribution in [0.2, 0.25) is 5.02 Å². The van der Waals surface area contributed by atoms with Crippen LogP contribution in [0.4, 0.5) is 11.5 Å². The first-order valence-electron chi connectivity index (χ1n) is 14.1. The van der Waals surface area contributed by atoms with Crippen LogP contribution in [0, 0.1) is 6.92 Å². The van der Waals surface area contributed by atoms with Crippen LogP contribution in [0.25, 0.3) is 11.3 Å². The maximum Gasteiger partial charge on any atom is 0.246 e. The Bertz CT molecular complexity index is 1620. The Balaban J connectivity index is 1.75. The van der Waals surface area contributed by atoms with Gasteiger partial charge < -0.3 is 9.80 Å². The highest BCUT2D eigenvalue weighted by molar-refractivity contribution is 6.34. The summed E-state index contributed by atoms with van der Waals surface area (Å²) in [7, 11) is 0. The molecule has 0 spiro atoms. The van der Waals surface area contributed by atoms with Crippen LogP contribution >= 0.6 is 11.6 Å². The predicted octanol–water partition coefficient (Wildman–Crippen LogP) is 6.52. The lowest BCUT2D eigenvalue weighted by Gasteiger charge is -2.47. The minimum Gasteiger partial charge on any atom is -0.347 e. The molecule has 2 aliphatic heterocycles. The van der Waals surface area contributed by atoms with E-state index < -0.39 is 0 Å². The number of pyridine rings is 2. The van der Waals surface area contributed by atoms with Crippen molar-refractivity contribution in [1.29, 1.82) is 0 Å². The zero-order chi connectivity index (χ0) is 30.3. The van der Waals surface area contributed by atoms with E-state index in [9.17, 15) is 9.59 Å². The van der Waals surface area contributed by atoms with Crippen LogP contribution in [-0.4, -0.2) is 63.0 Å². The molecule has 3 aromatic rings. The van der Waals surface area contributed by atoms with E-state index in [0.29, 0.717) is 52.4 Å². The zero-order valence-corrected chi connectivity index (χ0v) is 25.4. The van der Waals surface area contributed by atoms with Crippen LogP contribution in [0.3, 0.4) is 0 Å². The first kappa shape index (κ1) is 29.2. The predicted molar refractivity (Wildman–Crippen MR) is 168 cm³/mol. The Hall–Kier alpha value is -4.30. The Morgan fingerprint density at radius 3 is 2.45 bits per heavy atom.